The van der Waals surface area contributed by atoms with E-state index >= 15 is 0 Å². The Morgan fingerprint density at radius 1 is 1.10 bits per heavy atom. The predicted octanol–water partition coefficient (Wildman–Crippen LogP) is 2.42. The maximum Gasteiger partial charge on any atom is 0.193 e. The molecule has 4 nitrogen and oxygen atoms in total. The summed E-state index contributed by atoms with van der Waals surface area (Å²) >= 11 is 0. The van der Waals surface area contributed by atoms with Gasteiger partial charge in [-0.15, -0.1) is 0 Å². The summed E-state index contributed by atoms with van der Waals surface area (Å²) in [5.41, 5.74) is 0. The van der Waals surface area contributed by atoms with Crippen LogP contribution in [0.25, 0.3) is 0 Å². The van der Waals surface area contributed by atoms with Crippen LogP contribution in [0.3, 0.4) is 0 Å². The molecular weight excluding hydrogens is 260 g/mol. The zero-order valence-corrected chi connectivity index (χ0v) is 14.3. The molecule has 0 bridgehead atoms. The maximum absolute atomic E-state index is 4.45. The number of guanidine groups is 1. The minimum absolute atomic E-state index is 0.875. The van der Waals surface area contributed by atoms with Crippen LogP contribution in [0.1, 0.15) is 46.0 Å². The third-order valence-electron chi connectivity index (χ3n) is 4.97. The third kappa shape index (κ3) is 5.50. The molecule has 0 aromatic rings. The summed E-state index contributed by atoms with van der Waals surface area (Å²) < 4.78 is 0. The van der Waals surface area contributed by atoms with Crippen LogP contribution in [0.5, 0.6) is 0 Å². The van der Waals surface area contributed by atoms with Crippen LogP contribution in [-0.2, 0) is 0 Å². The Bertz CT molecular complexity index is 321. The number of hydrogen-bond acceptors (Lipinski definition) is 2. The summed E-state index contributed by atoms with van der Waals surface area (Å²) in [5, 5.41) is 3.55. The maximum atomic E-state index is 4.45. The van der Waals surface area contributed by atoms with Crippen molar-refractivity contribution in [3.8, 4) is 0 Å². The minimum atomic E-state index is 0.875. The van der Waals surface area contributed by atoms with Crippen LogP contribution in [0.2, 0.25) is 0 Å². The number of piperidine rings is 2. The highest BCUT2D eigenvalue weighted by Crippen LogP contribution is 2.16. The average Bonchev–Trinajstić information content (AvgIpc) is 2.49. The number of nitrogens with zero attached hydrogens (tertiary/aromatic N) is 3. The van der Waals surface area contributed by atoms with Gasteiger partial charge in [0.05, 0.1) is 0 Å². The lowest BCUT2D eigenvalue weighted by molar-refractivity contribution is 0.182. The van der Waals surface area contributed by atoms with Crippen molar-refractivity contribution in [1.29, 1.82) is 0 Å². The van der Waals surface area contributed by atoms with E-state index in [1.807, 2.05) is 7.05 Å². The Labute approximate surface area is 131 Å². The van der Waals surface area contributed by atoms with Gasteiger partial charge in [0.15, 0.2) is 5.96 Å². The van der Waals surface area contributed by atoms with Gasteiger partial charge < -0.3 is 15.1 Å². The number of likely N-dealkylation sites (tertiary alicyclic amines) is 2. The second-order valence-corrected chi connectivity index (χ2v) is 7.05. The Kier molecular flexibility index (Phi) is 6.81. The number of nitrogens with one attached hydrogen (secondary N) is 1. The Morgan fingerprint density at radius 3 is 2.52 bits per heavy atom. The molecule has 21 heavy (non-hydrogen) atoms. The van der Waals surface area contributed by atoms with Crippen LogP contribution in [-0.4, -0.2) is 62.1 Å². The molecule has 1 N–H and O–H groups in total. The average molecular weight is 294 g/mol. The lowest BCUT2D eigenvalue weighted by atomic mass is 9.99. The van der Waals surface area contributed by atoms with Crippen LogP contribution in [0.4, 0.5) is 0 Å². The normalized spacial score (nSPS) is 26.1. The second-order valence-electron chi connectivity index (χ2n) is 7.05. The van der Waals surface area contributed by atoms with E-state index in [4.69, 9.17) is 0 Å². The van der Waals surface area contributed by atoms with Crippen molar-refractivity contribution in [2.24, 2.45) is 16.8 Å². The quantitative estimate of drug-likeness (QED) is 0.491. The molecule has 2 saturated heterocycles. The first-order valence-corrected chi connectivity index (χ1v) is 8.87. The largest absolute Gasteiger partial charge is 0.356 e. The van der Waals surface area contributed by atoms with E-state index in [1.54, 1.807) is 0 Å². The monoisotopic (exact) mass is 294 g/mol. The fourth-order valence-electron chi connectivity index (χ4n) is 3.55. The van der Waals surface area contributed by atoms with E-state index in [2.05, 4.69) is 34.0 Å². The molecule has 122 valence electrons. The van der Waals surface area contributed by atoms with E-state index in [0.29, 0.717) is 0 Å². The van der Waals surface area contributed by atoms with Crippen molar-refractivity contribution in [3.63, 3.8) is 0 Å². The highest BCUT2D eigenvalue weighted by Gasteiger charge is 2.19. The molecule has 2 aliphatic rings. The molecule has 0 radical (unpaired) electrons. The van der Waals surface area contributed by atoms with Gasteiger partial charge in [-0.3, -0.25) is 4.99 Å². The van der Waals surface area contributed by atoms with Crippen molar-refractivity contribution in [2.45, 2.75) is 46.0 Å². The standard InChI is InChI=1S/C17H34N4/c1-15-7-12-21(13-8-15)17(18-3)19-9-5-11-20-10-4-6-16(2)14-20/h15-16H,4-14H2,1-3H3,(H,18,19). The molecule has 0 aromatic carbocycles. The lowest BCUT2D eigenvalue weighted by Gasteiger charge is -2.33. The van der Waals surface area contributed by atoms with Gasteiger partial charge in [-0.2, -0.15) is 0 Å². The number of rotatable bonds is 4. The SMILES string of the molecule is CN=C(NCCCN1CCCC(C)C1)N1CCC(C)CC1. The van der Waals surface area contributed by atoms with Gasteiger partial charge >= 0.3 is 0 Å². The highest BCUT2D eigenvalue weighted by atomic mass is 15.3. The highest BCUT2D eigenvalue weighted by molar-refractivity contribution is 5.79. The topological polar surface area (TPSA) is 30.9 Å². The van der Waals surface area contributed by atoms with Crippen molar-refractivity contribution in [3.05, 3.63) is 0 Å². The van der Waals surface area contributed by atoms with E-state index in [0.717, 1.165) is 37.4 Å². The Hall–Kier alpha value is -0.770. The second kappa shape index (κ2) is 8.62. The van der Waals surface area contributed by atoms with Crippen molar-refractivity contribution >= 4 is 5.96 Å². The fourth-order valence-corrected chi connectivity index (χ4v) is 3.55. The molecular formula is C17H34N4. The summed E-state index contributed by atoms with van der Waals surface area (Å²) in [6.07, 6.45) is 6.60. The molecule has 0 aromatic heterocycles. The van der Waals surface area contributed by atoms with Crippen LogP contribution >= 0.6 is 0 Å². The fraction of sp³-hybridized carbons (Fsp3) is 0.941. The van der Waals surface area contributed by atoms with E-state index in [1.165, 1.54) is 51.7 Å². The molecule has 2 rings (SSSR count). The zero-order chi connectivity index (χ0) is 15.1. The van der Waals surface area contributed by atoms with Crippen molar-refractivity contribution in [2.75, 3.05) is 46.3 Å². The van der Waals surface area contributed by atoms with E-state index in [-0.39, 0.29) is 0 Å². The first kappa shape index (κ1) is 16.6. The molecule has 0 saturated carbocycles. The van der Waals surface area contributed by atoms with Gasteiger partial charge in [-0.25, -0.2) is 0 Å². The predicted molar refractivity (Wildman–Crippen MR) is 90.8 cm³/mol. The molecule has 0 aliphatic carbocycles. The first-order chi connectivity index (χ1) is 10.2. The molecule has 1 atom stereocenters. The molecule has 0 spiro atoms. The molecule has 4 heteroatoms. The Balaban J connectivity index is 1.62. The molecule has 2 fully saturated rings. The smallest absolute Gasteiger partial charge is 0.193 e. The molecule has 2 heterocycles. The summed E-state index contributed by atoms with van der Waals surface area (Å²) in [6, 6.07) is 0. The van der Waals surface area contributed by atoms with Crippen LogP contribution in [0, 0.1) is 11.8 Å². The van der Waals surface area contributed by atoms with Crippen LogP contribution in [0.15, 0.2) is 4.99 Å². The first-order valence-electron chi connectivity index (χ1n) is 8.87. The zero-order valence-electron chi connectivity index (χ0n) is 14.3. The van der Waals surface area contributed by atoms with Crippen molar-refractivity contribution < 1.29 is 0 Å². The summed E-state index contributed by atoms with van der Waals surface area (Å²) in [5.74, 6) is 2.86. The van der Waals surface area contributed by atoms with Gasteiger partial charge in [0.1, 0.15) is 0 Å². The molecule has 1 unspecified atom stereocenters. The molecule has 2 aliphatic heterocycles. The van der Waals surface area contributed by atoms with Gasteiger partial charge in [0.25, 0.3) is 0 Å². The van der Waals surface area contributed by atoms with Gasteiger partial charge in [-0.05, 0) is 57.0 Å². The summed E-state index contributed by atoms with van der Waals surface area (Å²) in [7, 11) is 1.91. The number of aliphatic imine (C=N–C) groups is 1. The van der Waals surface area contributed by atoms with Gasteiger partial charge in [-0.1, -0.05) is 13.8 Å². The van der Waals surface area contributed by atoms with Gasteiger partial charge in [0.2, 0.25) is 0 Å². The summed E-state index contributed by atoms with van der Waals surface area (Å²) in [6.45, 7) is 11.9. The molecule has 0 amide bonds. The van der Waals surface area contributed by atoms with E-state index < -0.39 is 0 Å². The Morgan fingerprint density at radius 2 is 1.86 bits per heavy atom. The lowest BCUT2D eigenvalue weighted by Crippen LogP contribution is -2.46. The van der Waals surface area contributed by atoms with Crippen molar-refractivity contribution in [1.82, 2.24) is 15.1 Å². The van der Waals surface area contributed by atoms with Gasteiger partial charge in [0, 0.05) is 33.2 Å². The minimum Gasteiger partial charge on any atom is -0.356 e. The third-order valence-corrected chi connectivity index (χ3v) is 4.97. The summed E-state index contributed by atoms with van der Waals surface area (Å²) in [4.78, 5) is 9.50. The van der Waals surface area contributed by atoms with Crippen LogP contribution < -0.4 is 5.32 Å². The number of hydrogen-bond donors (Lipinski definition) is 1. The van der Waals surface area contributed by atoms with E-state index in [9.17, 15) is 0 Å².